The molecule has 3 rings (SSSR count). The molecule has 33 heavy (non-hydrogen) atoms. The lowest BCUT2D eigenvalue weighted by atomic mass is 10.1. The highest BCUT2D eigenvalue weighted by Gasteiger charge is 2.32. The summed E-state index contributed by atoms with van der Waals surface area (Å²) in [6.45, 7) is -0.418. The fourth-order valence-corrected chi connectivity index (χ4v) is 4.03. The van der Waals surface area contributed by atoms with Crippen molar-refractivity contribution in [2.45, 2.75) is 37.1 Å². The van der Waals surface area contributed by atoms with E-state index in [0.29, 0.717) is 23.2 Å². The van der Waals surface area contributed by atoms with E-state index in [0.717, 1.165) is 0 Å². The molecule has 2 N–H and O–H groups in total. The van der Waals surface area contributed by atoms with Crippen LogP contribution in [0.25, 0.3) is 0 Å². The van der Waals surface area contributed by atoms with Gasteiger partial charge >= 0.3 is 12.1 Å². The standard InChI is InChI=1S/C21H21F3N2O6S/c1-13-8-16-9-17(33(25,29)30)6-7-18(16)26(13)19(27)11-32-20(28)15-4-2-14(3-5-15)10-31-12-21(22,23)24/h2-7,9,13H,8,10-12H2,1H3,(H2,25,29,30). The van der Waals surface area contributed by atoms with Crippen molar-refractivity contribution >= 4 is 27.6 Å². The SMILES string of the molecule is CC1Cc2cc(S(N)(=O)=O)ccc2N1C(=O)COC(=O)c1ccc(COCC(F)(F)F)cc1. The Balaban J connectivity index is 1.58. The number of sulfonamides is 1. The largest absolute Gasteiger partial charge is 0.452 e. The summed E-state index contributed by atoms with van der Waals surface area (Å²) in [5, 5.41) is 5.15. The van der Waals surface area contributed by atoms with Crippen molar-refractivity contribution in [2.75, 3.05) is 18.1 Å². The van der Waals surface area contributed by atoms with Gasteiger partial charge < -0.3 is 14.4 Å². The number of benzene rings is 2. The summed E-state index contributed by atoms with van der Waals surface area (Å²) < 4.78 is 69.1. The van der Waals surface area contributed by atoms with Gasteiger partial charge in [0.05, 0.1) is 17.1 Å². The van der Waals surface area contributed by atoms with E-state index in [2.05, 4.69) is 4.74 Å². The average Bonchev–Trinajstić information content (AvgIpc) is 3.05. The molecule has 0 fully saturated rings. The van der Waals surface area contributed by atoms with E-state index >= 15 is 0 Å². The third kappa shape index (κ3) is 6.30. The number of esters is 1. The topological polar surface area (TPSA) is 116 Å². The quantitative estimate of drug-likeness (QED) is 0.602. The zero-order chi connectivity index (χ0) is 24.4. The number of carbonyl (C=O) groups excluding carboxylic acids is 2. The van der Waals surface area contributed by atoms with Crippen molar-refractivity contribution < 1.29 is 40.7 Å². The Morgan fingerprint density at radius 1 is 1.15 bits per heavy atom. The van der Waals surface area contributed by atoms with E-state index < -0.39 is 41.3 Å². The van der Waals surface area contributed by atoms with Gasteiger partial charge in [-0.3, -0.25) is 4.79 Å². The van der Waals surface area contributed by atoms with Gasteiger partial charge in [-0.2, -0.15) is 13.2 Å². The van der Waals surface area contributed by atoms with Crippen LogP contribution < -0.4 is 10.0 Å². The van der Waals surface area contributed by atoms with Gasteiger partial charge in [0, 0.05) is 11.7 Å². The molecule has 2 aromatic carbocycles. The molecule has 8 nitrogen and oxygen atoms in total. The fourth-order valence-electron chi connectivity index (χ4n) is 3.47. The number of halogens is 3. The fraction of sp³-hybridized carbons (Fsp3) is 0.333. The summed E-state index contributed by atoms with van der Waals surface area (Å²) in [6.07, 6.45) is -4.01. The smallest absolute Gasteiger partial charge is 0.411 e. The van der Waals surface area contributed by atoms with E-state index in [9.17, 15) is 31.2 Å². The minimum absolute atomic E-state index is 0.0542. The molecule has 0 bridgehead atoms. The van der Waals surface area contributed by atoms with Crippen molar-refractivity contribution in [3.63, 3.8) is 0 Å². The highest BCUT2D eigenvalue weighted by molar-refractivity contribution is 7.89. The number of primary sulfonamides is 1. The van der Waals surface area contributed by atoms with E-state index in [1.807, 2.05) is 0 Å². The molecule has 1 aliphatic rings. The minimum Gasteiger partial charge on any atom is -0.452 e. The van der Waals surface area contributed by atoms with Crippen LogP contribution in [0.5, 0.6) is 0 Å². The second-order valence-electron chi connectivity index (χ2n) is 7.53. The Morgan fingerprint density at radius 3 is 2.42 bits per heavy atom. The first-order chi connectivity index (χ1) is 15.3. The summed E-state index contributed by atoms with van der Waals surface area (Å²) in [5.41, 5.74) is 1.71. The van der Waals surface area contributed by atoms with Crippen LogP contribution in [0, 0.1) is 0 Å². The highest BCUT2D eigenvalue weighted by atomic mass is 32.2. The van der Waals surface area contributed by atoms with Crippen LogP contribution in [0.3, 0.4) is 0 Å². The molecular weight excluding hydrogens is 465 g/mol. The van der Waals surface area contributed by atoms with Gasteiger partial charge in [-0.15, -0.1) is 0 Å². The molecule has 2 aromatic rings. The third-order valence-corrected chi connectivity index (χ3v) is 5.83. The number of hydrogen-bond acceptors (Lipinski definition) is 6. The normalized spacial score (nSPS) is 15.9. The summed E-state index contributed by atoms with van der Waals surface area (Å²) >= 11 is 0. The lowest BCUT2D eigenvalue weighted by Gasteiger charge is -2.22. The minimum atomic E-state index is -4.42. The van der Waals surface area contributed by atoms with Crippen LogP contribution in [0.2, 0.25) is 0 Å². The number of ether oxygens (including phenoxy) is 2. The molecule has 12 heteroatoms. The number of hydrogen-bond donors (Lipinski definition) is 1. The third-order valence-electron chi connectivity index (χ3n) is 4.91. The van der Waals surface area contributed by atoms with Gasteiger partial charge in [-0.25, -0.2) is 18.4 Å². The molecule has 1 amide bonds. The Kier molecular flexibility index (Phi) is 7.10. The Hall–Kier alpha value is -2.96. The first-order valence-electron chi connectivity index (χ1n) is 9.73. The van der Waals surface area contributed by atoms with Crippen LogP contribution in [-0.4, -0.2) is 45.7 Å². The van der Waals surface area contributed by atoms with Crippen LogP contribution in [0.4, 0.5) is 18.9 Å². The second-order valence-corrected chi connectivity index (χ2v) is 9.09. The van der Waals surface area contributed by atoms with Crippen LogP contribution in [-0.2, 0) is 37.3 Å². The van der Waals surface area contributed by atoms with Crippen molar-refractivity contribution in [1.82, 2.24) is 0 Å². The van der Waals surface area contributed by atoms with E-state index in [-0.39, 0.29) is 23.1 Å². The van der Waals surface area contributed by atoms with Crippen LogP contribution in [0.1, 0.15) is 28.4 Å². The molecule has 1 atom stereocenters. The van der Waals surface area contributed by atoms with Gasteiger partial charge in [0.25, 0.3) is 5.91 Å². The Bertz CT molecular complexity index is 1150. The van der Waals surface area contributed by atoms with Crippen molar-refractivity contribution in [3.05, 3.63) is 59.2 Å². The Morgan fingerprint density at radius 2 is 1.82 bits per heavy atom. The number of rotatable bonds is 7. The van der Waals surface area contributed by atoms with Crippen molar-refractivity contribution in [1.29, 1.82) is 0 Å². The van der Waals surface area contributed by atoms with Gasteiger partial charge in [0.1, 0.15) is 6.61 Å². The molecule has 1 aliphatic heterocycles. The predicted molar refractivity (Wildman–Crippen MR) is 111 cm³/mol. The zero-order valence-electron chi connectivity index (χ0n) is 17.5. The summed E-state index contributed by atoms with van der Waals surface area (Å²) in [5.74, 6) is -1.27. The lowest BCUT2D eigenvalue weighted by molar-refractivity contribution is -0.176. The molecule has 0 spiro atoms. The first-order valence-corrected chi connectivity index (χ1v) is 11.3. The summed E-state index contributed by atoms with van der Waals surface area (Å²) in [4.78, 5) is 26.3. The summed E-state index contributed by atoms with van der Waals surface area (Å²) in [7, 11) is -3.88. The number of fused-ring (bicyclic) bond motifs is 1. The van der Waals surface area contributed by atoms with Gasteiger partial charge in [-0.1, -0.05) is 12.1 Å². The molecule has 1 unspecified atom stereocenters. The summed E-state index contributed by atoms with van der Waals surface area (Å²) in [6, 6.07) is 9.51. The van der Waals surface area contributed by atoms with Gasteiger partial charge in [0.2, 0.25) is 10.0 Å². The van der Waals surface area contributed by atoms with Gasteiger partial charge in [-0.05, 0) is 54.8 Å². The zero-order valence-corrected chi connectivity index (χ0v) is 18.3. The van der Waals surface area contributed by atoms with E-state index in [4.69, 9.17) is 9.88 Å². The maximum Gasteiger partial charge on any atom is 0.411 e. The van der Waals surface area contributed by atoms with Crippen molar-refractivity contribution in [3.8, 4) is 0 Å². The van der Waals surface area contributed by atoms with E-state index in [1.54, 1.807) is 6.92 Å². The second kappa shape index (κ2) is 9.49. The molecule has 0 saturated heterocycles. The number of carbonyl (C=O) groups is 2. The molecule has 0 aromatic heterocycles. The number of nitrogens with two attached hydrogens (primary N) is 1. The van der Waals surface area contributed by atoms with Crippen molar-refractivity contribution in [2.24, 2.45) is 5.14 Å². The number of amides is 1. The highest BCUT2D eigenvalue weighted by Crippen LogP contribution is 2.33. The molecular formula is C21H21F3N2O6S. The average molecular weight is 486 g/mol. The van der Waals surface area contributed by atoms with Gasteiger partial charge in [0.15, 0.2) is 6.61 Å². The maximum atomic E-state index is 12.7. The predicted octanol–water partition coefficient (Wildman–Crippen LogP) is 2.55. The molecule has 0 aliphatic carbocycles. The number of anilines is 1. The van der Waals surface area contributed by atoms with Crippen LogP contribution in [0.15, 0.2) is 47.4 Å². The Labute approximate surface area is 188 Å². The number of nitrogens with zero attached hydrogens (tertiary/aromatic N) is 1. The maximum absolute atomic E-state index is 12.7. The molecule has 0 radical (unpaired) electrons. The van der Waals surface area contributed by atoms with Crippen LogP contribution >= 0.6 is 0 Å². The monoisotopic (exact) mass is 486 g/mol. The number of alkyl halides is 3. The first kappa shape index (κ1) is 24.7. The molecule has 0 saturated carbocycles. The molecule has 178 valence electrons. The van der Waals surface area contributed by atoms with E-state index in [1.165, 1.54) is 47.4 Å². The lowest BCUT2D eigenvalue weighted by Crippen LogP contribution is -2.38. The molecule has 1 heterocycles.